The van der Waals surface area contributed by atoms with Crippen molar-refractivity contribution in [1.82, 2.24) is 10.2 Å². The average molecular weight is 284 g/mol. The molecule has 0 aromatic carbocycles. The first-order valence-corrected chi connectivity index (χ1v) is 6.34. The van der Waals surface area contributed by atoms with Crippen LogP contribution in [0.15, 0.2) is 0 Å². The van der Waals surface area contributed by atoms with E-state index in [1.807, 2.05) is 6.92 Å². The topological polar surface area (TPSA) is 52.6 Å². The van der Waals surface area contributed by atoms with Gasteiger partial charge in [0.05, 0.1) is 6.42 Å². The van der Waals surface area contributed by atoms with Gasteiger partial charge in [-0.05, 0) is 39.9 Å². The molecule has 0 aliphatic carbocycles. The Labute approximate surface area is 112 Å². The van der Waals surface area contributed by atoms with Crippen LogP contribution in [0.3, 0.4) is 0 Å². The van der Waals surface area contributed by atoms with Crippen LogP contribution in [0.1, 0.15) is 33.1 Å². The van der Waals surface area contributed by atoms with Gasteiger partial charge in [-0.3, -0.25) is 4.79 Å². The van der Waals surface area contributed by atoms with Gasteiger partial charge in [0.2, 0.25) is 0 Å². The zero-order valence-corrected chi connectivity index (χ0v) is 11.7. The largest absolute Gasteiger partial charge is 0.480 e. The summed E-state index contributed by atoms with van der Waals surface area (Å²) in [6.07, 6.45) is -4.07. The van der Waals surface area contributed by atoms with Crippen LogP contribution in [-0.4, -0.2) is 54.4 Å². The Morgan fingerprint density at radius 1 is 1.26 bits per heavy atom. The van der Waals surface area contributed by atoms with Crippen molar-refractivity contribution in [3.8, 4) is 0 Å². The van der Waals surface area contributed by atoms with E-state index in [9.17, 15) is 18.0 Å². The molecule has 7 heteroatoms. The lowest BCUT2D eigenvalue weighted by Gasteiger charge is -2.27. The SMILES string of the molecule is CCNC(C)(CCCN(C)CCC(F)(F)F)C(=O)O. The molecule has 2 N–H and O–H groups in total. The predicted molar refractivity (Wildman–Crippen MR) is 67.1 cm³/mol. The molecule has 0 aromatic rings. The molecule has 0 rings (SSSR count). The highest BCUT2D eigenvalue weighted by Crippen LogP contribution is 2.19. The minimum absolute atomic E-state index is 0.0610. The Bertz CT molecular complexity index is 285. The van der Waals surface area contributed by atoms with Crippen molar-refractivity contribution in [2.24, 2.45) is 0 Å². The molecule has 0 amide bonds. The molecule has 0 saturated carbocycles. The van der Waals surface area contributed by atoms with E-state index in [0.717, 1.165) is 0 Å². The van der Waals surface area contributed by atoms with Gasteiger partial charge < -0.3 is 15.3 Å². The first kappa shape index (κ1) is 18.2. The minimum atomic E-state index is -4.15. The Kier molecular flexibility index (Phi) is 7.36. The number of carboxylic acid groups (broad SMARTS) is 1. The normalized spacial score (nSPS) is 15.5. The van der Waals surface area contributed by atoms with Crippen LogP contribution >= 0.6 is 0 Å². The van der Waals surface area contributed by atoms with Gasteiger partial charge in [-0.2, -0.15) is 13.2 Å². The number of rotatable bonds is 9. The quantitative estimate of drug-likeness (QED) is 0.681. The van der Waals surface area contributed by atoms with Crippen molar-refractivity contribution in [1.29, 1.82) is 0 Å². The Morgan fingerprint density at radius 2 is 1.84 bits per heavy atom. The fourth-order valence-corrected chi connectivity index (χ4v) is 1.79. The highest BCUT2D eigenvalue weighted by molar-refractivity contribution is 5.78. The third-order valence-corrected chi connectivity index (χ3v) is 3.03. The van der Waals surface area contributed by atoms with Crippen LogP contribution in [0.5, 0.6) is 0 Å². The first-order chi connectivity index (χ1) is 8.60. The maximum absolute atomic E-state index is 12.0. The number of nitrogens with one attached hydrogen (secondary N) is 1. The molecular formula is C12H23F3N2O2. The number of nitrogens with zero attached hydrogens (tertiary/aromatic N) is 1. The summed E-state index contributed by atoms with van der Waals surface area (Å²) >= 11 is 0. The molecule has 4 nitrogen and oxygen atoms in total. The number of alkyl halides is 3. The van der Waals surface area contributed by atoms with Crippen LogP contribution in [-0.2, 0) is 4.79 Å². The number of carbonyl (C=O) groups is 1. The summed E-state index contributed by atoms with van der Waals surface area (Å²) < 4.78 is 36.1. The average Bonchev–Trinajstić information content (AvgIpc) is 2.25. The lowest BCUT2D eigenvalue weighted by molar-refractivity contribution is -0.144. The highest BCUT2D eigenvalue weighted by atomic mass is 19.4. The number of carboxylic acids is 1. The van der Waals surface area contributed by atoms with E-state index in [2.05, 4.69) is 5.32 Å². The van der Waals surface area contributed by atoms with E-state index < -0.39 is 24.1 Å². The lowest BCUT2D eigenvalue weighted by atomic mass is 9.95. The molecule has 0 bridgehead atoms. The van der Waals surface area contributed by atoms with Crippen molar-refractivity contribution in [2.45, 2.75) is 44.8 Å². The van der Waals surface area contributed by atoms with Gasteiger partial charge in [-0.1, -0.05) is 6.92 Å². The second-order valence-corrected chi connectivity index (χ2v) is 4.94. The molecule has 1 atom stereocenters. The van der Waals surface area contributed by atoms with Gasteiger partial charge >= 0.3 is 12.1 Å². The molecular weight excluding hydrogens is 261 g/mol. The van der Waals surface area contributed by atoms with E-state index in [4.69, 9.17) is 5.11 Å². The van der Waals surface area contributed by atoms with E-state index in [-0.39, 0.29) is 6.54 Å². The molecule has 0 spiro atoms. The predicted octanol–water partition coefficient (Wildman–Crippen LogP) is 2.10. The van der Waals surface area contributed by atoms with E-state index in [0.29, 0.717) is 25.9 Å². The van der Waals surface area contributed by atoms with E-state index >= 15 is 0 Å². The second kappa shape index (κ2) is 7.69. The number of aliphatic carboxylic acids is 1. The molecule has 0 heterocycles. The summed E-state index contributed by atoms with van der Waals surface area (Å²) in [6, 6.07) is 0. The maximum atomic E-state index is 12.0. The summed E-state index contributed by atoms with van der Waals surface area (Å²) in [5, 5.41) is 12.0. The Balaban J connectivity index is 4.03. The van der Waals surface area contributed by atoms with Crippen molar-refractivity contribution in [3.05, 3.63) is 0 Å². The van der Waals surface area contributed by atoms with Crippen LogP contribution < -0.4 is 5.32 Å². The van der Waals surface area contributed by atoms with Crippen molar-refractivity contribution >= 4 is 5.97 Å². The number of likely N-dealkylation sites (N-methyl/N-ethyl adjacent to an activating group) is 1. The van der Waals surface area contributed by atoms with Crippen molar-refractivity contribution in [3.63, 3.8) is 0 Å². The van der Waals surface area contributed by atoms with Gasteiger partial charge in [-0.25, -0.2) is 0 Å². The monoisotopic (exact) mass is 284 g/mol. The van der Waals surface area contributed by atoms with Gasteiger partial charge in [0, 0.05) is 6.54 Å². The minimum Gasteiger partial charge on any atom is -0.480 e. The summed E-state index contributed by atoms with van der Waals surface area (Å²) in [5.41, 5.74) is -1.01. The fraction of sp³-hybridized carbons (Fsp3) is 0.917. The summed E-state index contributed by atoms with van der Waals surface area (Å²) in [5.74, 6) is -0.938. The molecule has 0 aliphatic heterocycles. The molecule has 0 fully saturated rings. The van der Waals surface area contributed by atoms with E-state index in [1.54, 1.807) is 18.9 Å². The van der Waals surface area contributed by atoms with E-state index in [1.165, 1.54) is 0 Å². The first-order valence-electron chi connectivity index (χ1n) is 6.34. The molecule has 1 unspecified atom stereocenters. The van der Waals surface area contributed by atoms with Crippen molar-refractivity contribution < 1.29 is 23.1 Å². The van der Waals surface area contributed by atoms with Crippen molar-refractivity contribution in [2.75, 3.05) is 26.7 Å². The number of hydrogen-bond donors (Lipinski definition) is 2. The Morgan fingerprint density at radius 3 is 2.26 bits per heavy atom. The third-order valence-electron chi connectivity index (χ3n) is 3.03. The zero-order valence-electron chi connectivity index (χ0n) is 11.7. The highest BCUT2D eigenvalue weighted by Gasteiger charge is 2.31. The molecule has 0 aromatic heterocycles. The van der Waals surface area contributed by atoms with Crippen LogP contribution in [0.25, 0.3) is 0 Å². The molecule has 0 saturated heterocycles. The molecule has 0 radical (unpaired) electrons. The number of halogens is 3. The van der Waals surface area contributed by atoms with Crippen LogP contribution in [0.4, 0.5) is 13.2 Å². The molecule has 19 heavy (non-hydrogen) atoms. The van der Waals surface area contributed by atoms with Gasteiger partial charge in [0.25, 0.3) is 0 Å². The standard InChI is InChI=1S/C12H23F3N2O2/c1-4-16-11(2,10(18)19)6-5-8-17(3)9-7-12(13,14)15/h16H,4-9H2,1-3H3,(H,18,19). The fourth-order valence-electron chi connectivity index (χ4n) is 1.79. The summed E-state index contributed by atoms with van der Waals surface area (Å²) in [7, 11) is 1.61. The van der Waals surface area contributed by atoms with Crippen LogP contribution in [0.2, 0.25) is 0 Å². The van der Waals surface area contributed by atoms with Crippen LogP contribution in [0, 0.1) is 0 Å². The maximum Gasteiger partial charge on any atom is 0.390 e. The summed E-state index contributed by atoms with van der Waals surface area (Å²) in [6.45, 7) is 4.33. The van der Waals surface area contributed by atoms with Gasteiger partial charge in [0.15, 0.2) is 0 Å². The Hall–Kier alpha value is -0.820. The lowest BCUT2D eigenvalue weighted by Crippen LogP contribution is -2.49. The molecule has 0 aliphatic rings. The van der Waals surface area contributed by atoms with Gasteiger partial charge in [-0.15, -0.1) is 0 Å². The molecule has 114 valence electrons. The second-order valence-electron chi connectivity index (χ2n) is 4.94. The van der Waals surface area contributed by atoms with Gasteiger partial charge in [0.1, 0.15) is 5.54 Å². The third kappa shape index (κ3) is 8.05. The zero-order chi connectivity index (χ0) is 15.1. The number of hydrogen-bond acceptors (Lipinski definition) is 3. The summed E-state index contributed by atoms with van der Waals surface area (Å²) in [4.78, 5) is 12.7. The smallest absolute Gasteiger partial charge is 0.390 e.